The summed E-state index contributed by atoms with van der Waals surface area (Å²) in [5.74, 6) is -0.0481. The lowest BCUT2D eigenvalue weighted by Crippen LogP contribution is -2.15. The largest absolute Gasteiger partial charge is 0.290 e. The molecule has 0 aromatic carbocycles. The summed E-state index contributed by atoms with van der Waals surface area (Å²) in [5, 5.41) is 0. The zero-order valence-corrected chi connectivity index (χ0v) is 26.6. The van der Waals surface area contributed by atoms with Gasteiger partial charge >= 0.3 is 0 Å². The Labute approximate surface area is 240 Å². The lowest BCUT2D eigenvalue weighted by atomic mass is 9.86. The molecule has 0 spiro atoms. The zero-order chi connectivity index (χ0) is 29.5. The summed E-state index contributed by atoms with van der Waals surface area (Å²) in [6.45, 7) is 21.6. The molecule has 0 amide bonds. The molecule has 0 bridgehead atoms. The lowest BCUT2D eigenvalue weighted by Gasteiger charge is -2.17. The summed E-state index contributed by atoms with van der Waals surface area (Å²) in [6, 6.07) is 0. The summed E-state index contributed by atoms with van der Waals surface area (Å²) < 4.78 is 0. The Morgan fingerprint density at radius 2 is 1.10 bits per heavy atom. The molecule has 2 nitrogen and oxygen atoms in total. The van der Waals surface area contributed by atoms with E-state index in [9.17, 15) is 9.59 Å². The number of hydrogen-bond acceptors (Lipinski definition) is 2. The van der Waals surface area contributed by atoms with Crippen LogP contribution in [0.5, 0.6) is 0 Å². The van der Waals surface area contributed by atoms with Gasteiger partial charge in [-0.3, -0.25) is 9.59 Å². The van der Waals surface area contributed by atoms with E-state index in [1.807, 2.05) is 0 Å². The van der Waals surface area contributed by atoms with Gasteiger partial charge in [0.1, 0.15) is 0 Å². The quantitative estimate of drug-likeness (QED) is 0.156. The van der Waals surface area contributed by atoms with Gasteiger partial charge in [0.25, 0.3) is 0 Å². The minimum Gasteiger partial charge on any atom is -0.290 e. The van der Waals surface area contributed by atoms with Gasteiger partial charge < -0.3 is 0 Å². The summed E-state index contributed by atoms with van der Waals surface area (Å²) >= 11 is 0. The first-order valence-electron chi connectivity index (χ1n) is 14.7. The van der Waals surface area contributed by atoms with Crippen molar-refractivity contribution in [1.29, 1.82) is 0 Å². The highest BCUT2D eigenvalue weighted by atomic mass is 16.1. The second kappa shape index (κ2) is 17.8. The van der Waals surface area contributed by atoms with E-state index in [1.54, 1.807) is 0 Å². The summed E-state index contributed by atoms with van der Waals surface area (Å²) in [7, 11) is 0. The molecule has 0 atom stereocenters. The predicted octanol–water partition coefficient (Wildman–Crippen LogP) is 11.0. The van der Waals surface area contributed by atoms with E-state index in [1.165, 1.54) is 56.7 Å². The molecule has 39 heavy (non-hydrogen) atoms. The van der Waals surface area contributed by atoms with Crippen molar-refractivity contribution in [3.05, 3.63) is 92.2 Å². The van der Waals surface area contributed by atoms with Crippen LogP contribution in [-0.4, -0.2) is 11.6 Å². The fraction of sp³-hybridized carbons (Fsp3) is 0.514. The maximum absolute atomic E-state index is 12.9. The number of ketones is 2. The Hall–Kier alpha value is -2.74. The number of carbonyl (C=O) groups excluding carboxylic acids is 2. The van der Waals surface area contributed by atoms with E-state index in [-0.39, 0.29) is 11.6 Å². The average Bonchev–Trinajstić information content (AvgIpc) is 2.84. The molecular formula is C37H54O2. The molecule has 0 radical (unpaired) electrons. The highest BCUT2D eigenvalue weighted by molar-refractivity contribution is 6.20. The number of allylic oxidation sites excluding steroid dienone is 16. The van der Waals surface area contributed by atoms with Crippen LogP contribution in [0.25, 0.3) is 0 Å². The number of hydrogen-bond donors (Lipinski definition) is 0. The fourth-order valence-corrected chi connectivity index (χ4v) is 4.55. The normalized spacial score (nSPS) is 14.9. The summed E-state index contributed by atoms with van der Waals surface area (Å²) in [4.78, 5) is 25.6. The van der Waals surface area contributed by atoms with Crippen molar-refractivity contribution in [3.63, 3.8) is 0 Å². The van der Waals surface area contributed by atoms with Crippen molar-refractivity contribution in [1.82, 2.24) is 0 Å². The predicted molar refractivity (Wildman–Crippen MR) is 171 cm³/mol. The van der Waals surface area contributed by atoms with Crippen molar-refractivity contribution in [2.75, 3.05) is 0 Å². The highest BCUT2D eigenvalue weighted by Crippen LogP contribution is 2.28. The molecule has 0 saturated heterocycles. The second-order valence-electron chi connectivity index (χ2n) is 12.0. The van der Waals surface area contributed by atoms with Crippen LogP contribution in [0, 0.1) is 0 Å². The van der Waals surface area contributed by atoms with Crippen molar-refractivity contribution in [3.8, 4) is 0 Å². The van der Waals surface area contributed by atoms with Crippen LogP contribution in [-0.2, 0) is 9.59 Å². The Morgan fingerprint density at radius 1 is 0.590 bits per heavy atom. The maximum atomic E-state index is 12.9. The molecule has 214 valence electrons. The first-order chi connectivity index (χ1) is 18.3. The summed E-state index contributed by atoms with van der Waals surface area (Å²) in [5.41, 5.74) is 12.1. The van der Waals surface area contributed by atoms with Gasteiger partial charge in [0.05, 0.1) is 0 Å². The first kappa shape index (κ1) is 34.3. The third-order valence-corrected chi connectivity index (χ3v) is 7.56. The molecule has 0 N–H and O–H groups in total. The first-order valence-corrected chi connectivity index (χ1v) is 14.7. The topological polar surface area (TPSA) is 34.1 Å². The second-order valence-corrected chi connectivity index (χ2v) is 12.0. The van der Waals surface area contributed by atoms with Crippen LogP contribution < -0.4 is 0 Å². The van der Waals surface area contributed by atoms with Gasteiger partial charge in [-0.1, -0.05) is 68.9 Å². The van der Waals surface area contributed by atoms with Crippen LogP contribution >= 0.6 is 0 Å². The monoisotopic (exact) mass is 530 g/mol. The molecule has 1 rings (SSSR count). The van der Waals surface area contributed by atoms with Crippen molar-refractivity contribution >= 4 is 11.6 Å². The van der Waals surface area contributed by atoms with Gasteiger partial charge in [0.2, 0.25) is 0 Å². The Kier molecular flexibility index (Phi) is 15.6. The van der Waals surface area contributed by atoms with E-state index >= 15 is 0 Å². The van der Waals surface area contributed by atoms with Crippen molar-refractivity contribution in [2.45, 2.75) is 127 Å². The molecule has 0 unspecified atom stereocenters. The number of rotatable bonds is 15. The van der Waals surface area contributed by atoms with E-state index < -0.39 is 0 Å². The van der Waals surface area contributed by atoms with Gasteiger partial charge in [-0.05, 0) is 139 Å². The Bertz CT molecular complexity index is 1120. The molecule has 0 saturated carbocycles. The Morgan fingerprint density at radius 3 is 1.62 bits per heavy atom. The third kappa shape index (κ3) is 13.8. The highest BCUT2D eigenvalue weighted by Gasteiger charge is 2.22. The van der Waals surface area contributed by atoms with Gasteiger partial charge in [0.15, 0.2) is 11.6 Å². The average molecular weight is 531 g/mol. The Balaban J connectivity index is 2.95. The van der Waals surface area contributed by atoms with Crippen molar-refractivity contribution < 1.29 is 9.59 Å². The van der Waals surface area contributed by atoms with Crippen molar-refractivity contribution in [2.24, 2.45) is 0 Å². The molecule has 1 aliphatic rings. The van der Waals surface area contributed by atoms with E-state index in [0.29, 0.717) is 24.0 Å². The smallest absolute Gasteiger partial charge is 0.182 e. The van der Waals surface area contributed by atoms with Gasteiger partial charge in [-0.25, -0.2) is 0 Å². The van der Waals surface area contributed by atoms with Crippen LogP contribution in [0.3, 0.4) is 0 Å². The molecule has 0 heterocycles. The molecule has 0 fully saturated rings. The van der Waals surface area contributed by atoms with Crippen LogP contribution in [0.2, 0.25) is 0 Å². The van der Waals surface area contributed by atoms with Crippen LogP contribution in [0.4, 0.5) is 0 Å². The molecule has 1 aliphatic carbocycles. The summed E-state index contributed by atoms with van der Waals surface area (Å²) in [6.07, 6.45) is 20.2. The minimum absolute atomic E-state index is 0.0222. The molecule has 0 aromatic heterocycles. The SMILES string of the molecule is CC(C)=CCC/C(C)=C/CC(CC/C(C)=C(\C)CC1=C(C/C=C(\C)CCC=C(C)C)C(=O)C=CC1=O)=C(C)C. The zero-order valence-electron chi connectivity index (χ0n) is 26.6. The third-order valence-electron chi connectivity index (χ3n) is 7.56. The fourth-order valence-electron chi connectivity index (χ4n) is 4.55. The molecule has 2 heteroatoms. The number of carbonyl (C=O) groups is 2. The van der Waals surface area contributed by atoms with E-state index in [0.717, 1.165) is 44.9 Å². The molecule has 0 aliphatic heterocycles. The van der Waals surface area contributed by atoms with Gasteiger partial charge in [-0.15, -0.1) is 0 Å². The lowest BCUT2D eigenvalue weighted by molar-refractivity contribution is -0.115. The van der Waals surface area contributed by atoms with E-state index in [2.05, 4.69) is 93.5 Å². The standard InChI is InChI=1S/C37H54O2/c1-26(2)13-11-15-29(7)17-20-33(28(5)6)21-19-31(9)32(10)25-35-34(36(38)23-24-37(35)39)22-18-30(8)16-12-14-27(3)4/h13-14,17-18,23-24H,11-12,15-16,19-22,25H2,1-10H3/b29-17+,30-18+,32-31+. The van der Waals surface area contributed by atoms with Crippen LogP contribution in [0.15, 0.2) is 92.2 Å². The van der Waals surface area contributed by atoms with Gasteiger partial charge in [-0.2, -0.15) is 0 Å². The van der Waals surface area contributed by atoms with E-state index in [4.69, 9.17) is 0 Å². The van der Waals surface area contributed by atoms with Crippen LogP contribution in [0.1, 0.15) is 127 Å². The minimum atomic E-state index is -0.0260. The molecular weight excluding hydrogens is 476 g/mol. The molecule has 0 aromatic rings. The van der Waals surface area contributed by atoms with Gasteiger partial charge in [0, 0.05) is 11.1 Å². The maximum Gasteiger partial charge on any atom is 0.182 e.